The highest BCUT2D eigenvalue weighted by atomic mass is 19.2. The molecule has 0 radical (unpaired) electrons. The van der Waals surface area contributed by atoms with Gasteiger partial charge in [-0.1, -0.05) is 12.1 Å². The van der Waals surface area contributed by atoms with Gasteiger partial charge in [0.25, 0.3) is 0 Å². The number of nitrogen functional groups attached to an aromatic ring is 1. The van der Waals surface area contributed by atoms with Crippen LogP contribution in [-0.2, 0) is 17.8 Å². The van der Waals surface area contributed by atoms with Gasteiger partial charge in [0, 0.05) is 16.9 Å². The fourth-order valence-electron chi connectivity index (χ4n) is 2.42. The third-order valence-electron chi connectivity index (χ3n) is 3.40. The number of carbonyl (C=O) groups excluding carboxylic acids is 1. The molecule has 1 heterocycles. The number of fused-ring (bicyclic) bond motifs is 1. The Kier molecular flexibility index (Phi) is 2.89. The number of benzene rings is 2. The Balaban J connectivity index is 1.96. The minimum atomic E-state index is -0.913. The average Bonchev–Trinajstić information content (AvgIpc) is 2.70. The monoisotopic (exact) mass is 274 g/mol. The predicted molar refractivity (Wildman–Crippen MR) is 72.1 cm³/mol. The second kappa shape index (κ2) is 4.59. The van der Waals surface area contributed by atoms with E-state index < -0.39 is 11.6 Å². The van der Waals surface area contributed by atoms with E-state index in [-0.39, 0.29) is 24.4 Å². The standard InChI is InChI=1S/C15H12F2N2O/c16-12-3-1-2-9(15(12)17)8-19-13-5-4-11(18)6-10(13)7-14(19)20/h1-6H,7-8,18H2. The molecule has 1 amide bonds. The molecule has 20 heavy (non-hydrogen) atoms. The Bertz CT molecular complexity index is 700. The zero-order valence-electron chi connectivity index (χ0n) is 10.6. The summed E-state index contributed by atoms with van der Waals surface area (Å²) < 4.78 is 26.9. The number of rotatable bonds is 2. The molecule has 0 aromatic heterocycles. The highest BCUT2D eigenvalue weighted by Gasteiger charge is 2.28. The zero-order chi connectivity index (χ0) is 14.3. The van der Waals surface area contributed by atoms with Gasteiger partial charge in [-0.15, -0.1) is 0 Å². The third kappa shape index (κ3) is 2.01. The molecule has 2 aromatic carbocycles. The van der Waals surface area contributed by atoms with Crippen molar-refractivity contribution in [3.8, 4) is 0 Å². The Labute approximate surface area is 114 Å². The lowest BCUT2D eigenvalue weighted by molar-refractivity contribution is -0.117. The number of anilines is 2. The number of hydrogen-bond donors (Lipinski definition) is 1. The number of halogens is 2. The molecule has 0 saturated heterocycles. The lowest BCUT2D eigenvalue weighted by atomic mass is 10.1. The lowest BCUT2D eigenvalue weighted by Crippen LogP contribution is -2.26. The van der Waals surface area contributed by atoms with Crippen LogP contribution in [0.15, 0.2) is 36.4 Å². The Morgan fingerprint density at radius 1 is 1.20 bits per heavy atom. The van der Waals surface area contributed by atoms with Crippen molar-refractivity contribution in [2.75, 3.05) is 10.6 Å². The first-order valence-electron chi connectivity index (χ1n) is 6.18. The summed E-state index contributed by atoms with van der Waals surface area (Å²) >= 11 is 0. The second-order valence-electron chi connectivity index (χ2n) is 4.76. The summed E-state index contributed by atoms with van der Waals surface area (Å²) in [7, 11) is 0. The molecule has 1 aliphatic heterocycles. The van der Waals surface area contributed by atoms with Crippen LogP contribution >= 0.6 is 0 Å². The quantitative estimate of drug-likeness (QED) is 0.856. The molecule has 1 aliphatic rings. The predicted octanol–water partition coefficient (Wildman–Crippen LogP) is 2.64. The first-order valence-corrected chi connectivity index (χ1v) is 6.18. The molecular weight excluding hydrogens is 262 g/mol. The van der Waals surface area contributed by atoms with Gasteiger partial charge in [0.15, 0.2) is 11.6 Å². The van der Waals surface area contributed by atoms with Gasteiger partial charge in [0.2, 0.25) is 5.91 Å². The Hall–Kier alpha value is -2.43. The van der Waals surface area contributed by atoms with Crippen molar-refractivity contribution in [2.24, 2.45) is 0 Å². The number of carbonyl (C=O) groups is 1. The molecular formula is C15H12F2N2O. The largest absolute Gasteiger partial charge is 0.399 e. The number of hydrogen-bond acceptors (Lipinski definition) is 2. The van der Waals surface area contributed by atoms with Crippen LogP contribution in [0.2, 0.25) is 0 Å². The molecule has 5 heteroatoms. The Morgan fingerprint density at radius 2 is 2.00 bits per heavy atom. The van der Waals surface area contributed by atoms with E-state index in [1.165, 1.54) is 17.0 Å². The zero-order valence-corrected chi connectivity index (χ0v) is 10.6. The van der Waals surface area contributed by atoms with Crippen LogP contribution < -0.4 is 10.6 Å². The van der Waals surface area contributed by atoms with E-state index in [2.05, 4.69) is 0 Å². The third-order valence-corrected chi connectivity index (χ3v) is 3.40. The summed E-state index contributed by atoms with van der Waals surface area (Å²) in [5.41, 5.74) is 7.93. The van der Waals surface area contributed by atoms with Crippen LogP contribution in [0.1, 0.15) is 11.1 Å². The second-order valence-corrected chi connectivity index (χ2v) is 4.76. The van der Waals surface area contributed by atoms with Crippen LogP contribution in [0.25, 0.3) is 0 Å². The molecule has 0 saturated carbocycles. The molecule has 3 nitrogen and oxygen atoms in total. The van der Waals surface area contributed by atoms with Crippen LogP contribution in [0.5, 0.6) is 0 Å². The number of nitrogens with zero attached hydrogens (tertiary/aromatic N) is 1. The maximum Gasteiger partial charge on any atom is 0.231 e. The van der Waals surface area contributed by atoms with E-state index in [9.17, 15) is 13.6 Å². The maximum atomic E-state index is 13.7. The number of amides is 1. The van der Waals surface area contributed by atoms with Crippen LogP contribution in [0.4, 0.5) is 20.2 Å². The summed E-state index contributed by atoms with van der Waals surface area (Å²) in [5.74, 6) is -1.97. The van der Waals surface area contributed by atoms with Gasteiger partial charge in [-0.3, -0.25) is 4.79 Å². The van der Waals surface area contributed by atoms with E-state index in [4.69, 9.17) is 5.73 Å². The molecule has 3 rings (SSSR count). The van der Waals surface area contributed by atoms with E-state index in [0.29, 0.717) is 11.4 Å². The summed E-state index contributed by atoms with van der Waals surface area (Å²) in [6, 6.07) is 9.10. The first-order chi connectivity index (χ1) is 9.56. The summed E-state index contributed by atoms with van der Waals surface area (Å²) in [6.45, 7) is 0.0132. The highest BCUT2D eigenvalue weighted by Crippen LogP contribution is 2.32. The van der Waals surface area contributed by atoms with Crippen molar-refractivity contribution >= 4 is 17.3 Å². The lowest BCUT2D eigenvalue weighted by Gasteiger charge is -2.18. The fourth-order valence-corrected chi connectivity index (χ4v) is 2.42. The van der Waals surface area contributed by atoms with Gasteiger partial charge in [-0.05, 0) is 29.8 Å². The van der Waals surface area contributed by atoms with E-state index in [1.807, 2.05) is 0 Å². The summed E-state index contributed by atoms with van der Waals surface area (Å²) in [6.07, 6.45) is 0.233. The topological polar surface area (TPSA) is 46.3 Å². The number of nitrogens with two attached hydrogens (primary N) is 1. The minimum absolute atomic E-state index is 0.0132. The van der Waals surface area contributed by atoms with Crippen LogP contribution in [0.3, 0.4) is 0 Å². The van der Waals surface area contributed by atoms with Crippen LogP contribution in [0, 0.1) is 11.6 Å². The van der Waals surface area contributed by atoms with Crippen molar-refractivity contribution in [2.45, 2.75) is 13.0 Å². The van der Waals surface area contributed by atoms with Gasteiger partial charge in [-0.25, -0.2) is 8.78 Å². The fraction of sp³-hybridized carbons (Fsp3) is 0.133. The molecule has 0 spiro atoms. The van der Waals surface area contributed by atoms with Gasteiger partial charge in [0.1, 0.15) is 0 Å². The molecule has 0 atom stereocenters. The van der Waals surface area contributed by atoms with Gasteiger partial charge in [-0.2, -0.15) is 0 Å². The molecule has 2 aromatic rings. The van der Waals surface area contributed by atoms with Gasteiger partial charge in [0.05, 0.1) is 13.0 Å². The van der Waals surface area contributed by atoms with Crippen molar-refractivity contribution in [3.05, 3.63) is 59.2 Å². The average molecular weight is 274 g/mol. The molecule has 0 fully saturated rings. The normalized spacial score (nSPS) is 13.7. The first kappa shape index (κ1) is 12.6. The molecule has 2 N–H and O–H groups in total. The smallest absolute Gasteiger partial charge is 0.231 e. The van der Waals surface area contributed by atoms with E-state index in [1.54, 1.807) is 18.2 Å². The SMILES string of the molecule is Nc1ccc2c(c1)CC(=O)N2Cc1cccc(F)c1F. The summed E-state index contributed by atoms with van der Waals surface area (Å²) in [5, 5.41) is 0. The highest BCUT2D eigenvalue weighted by molar-refractivity contribution is 6.01. The van der Waals surface area contributed by atoms with Crippen molar-refractivity contribution in [1.82, 2.24) is 0 Å². The van der Waals surface area contributed by atoms with Crippen molar-refractivity contribution < 1.29 is 13.6 Å². The molecule has 0 bridgehead atoms. The van der Waals surface area contributed by atoms with E-state index >= 15 is 0 Å². The molecule has 102 valence electrons. The molecule has 0 unspecified atom stereocenters. The van der Waals surface area contributed by atoms with Crippen molar-refractivity contribution in [3.63, 3.8) is 0 Å². The van der Waals surface area contributed by atoms with Gasteiger partial charge < -0.3 is 10.6 Å². The van der Waals surface area contributed by atoms with E-state index in [0.717, 1.165) is 11.6 Å². The maximum absolute atomic E-state index is 13.7. The van der Waals surface area contributed by atoms with Gasteiger partial charge >= 0.3 is 0 Å². The van der Waals surface area contributed by atoms with Crippen LogP contribution in [-0.4, -0.2) is 5.91 Å². The Morgan fingerprint density at radius 3 is 2.80 bits per heavy atom. The minimum Gasteiger partial charge on any atom is -0.399 e. The van der Waals surface area contributed by atoms with Crippen molar-refractivity contribution in [1.29, 1.82) is 0 Å². The molecule has 0 aliphatic carbocycles. The summed E-state index contributed by atoms with van der Waals surface area (Å²) in [4.78, 5) is 13.5.